The standard InChI is InChI=1S/C23H30O10/c1-14(24)29-13-19-20(30-15(2)25)21(31-16(3)26)22(32-17(4)27)23(33-19)28-12-8-11-18-9-6-5-7-10-18/h5-7,9-10,19-23H,8,11-13H2,1-4H3/t19-,20+,21-,22-,23+/m0/s1. The minimum absolute atomic E-state index is 0.239. The average Bonchev–Trinajstić information content (AvgIpc) is 2.73. The van der Waals surface area contributed by atoms with Crippen molar-refractivity contribution >= 4 is 23.9 Å². The number of carbonyl (C=O) groups excluding carboxylic acids is 4. The van der Waals surface area contributed by atoms with E-state index in [1.54, 1.807) is 0 Å². The molecule has 5 atom stereocenters. The first-order valence-corrected chi connectivity index (χ1v) is 10.6. The molecule has 0 unspecified atom stereocenters. The lowest BCUT2D eigenvalue weighted by molar-refractivity contribution is -0.308. The number of aryl methyl sites for hydroxylation is 1. The second kappa shape index (κ2) is 12.9. The van der Waals surface area contributed by atoms with E-state index in [-0.39, 0.29) is 13.2 Å². The Balaban J connectivity index is 2.21. The van der Waals surface area contributed by atoms with Gasteiger partial charge < -0.3 is 28.4 Å². The summed E-state index contributed by atoms with van der Waals surface area (Å²) < 4.78 is 32.8. The van der Waals surface area contributed by atoms with Crippen molar-refractivity contribution in [3.63, 3.8) is 0 Å². The van der Waals surface area contributed by atoms with E-state index in [1.165, 1.54) is 27.7 Å². The fourth-order valence-corrected chi connectivity index (χ4v) is 3.44. The van der Waals surface area contributed by atoms with E-state index in [0.29, 0.717) is 6.42 Å². The van der Waals surface area contributed by atoms with Gasteiger partial charge in [0.1, 0.15) is 12.7 Å². The molecule has 0 N–H and O–H groups in total. The number of ether oxygens (including phenoxy) is 6. The van der Waals surface area contributed by atoms with E-state index >= 15 is 0 Å². The highest BCUT2D eigenvalue weighted by Crippen LogP contribution is 2.30. The molecule has 0 aromatic heterocycles. The van der Waals surface area contributed by atoms with Crippen molar-refractivity contribution in [1.82, 2.24) is 0 Å². The van der Waals surface area contributed by atoms with Gasteiger partial charge in [-0.2, -0.15) is 0 Å². The second-order valence-corrected chi connectivity index (χ2v) is 7.53. The third-order valence-electron chi connectivity index (χ3n) is 4.68. The number of esters is 4. The summed E-state index contributed by atoms with van der Waals surface area (Å²) in [6.07, 6.45) is -4.43. The Labute approximate surface area is 192 Å². The molecule has 1 aliphatic heterocycles. The molecule has 0 bridgehead atoms. The van der Waals surface area contributed by atoms with Gasteiger partial charge in [-0.1, -0.05) is 30.3 Å². The highest BCUT2D eigenvalue weighted by Gasteiger charge is 2.52. The molecule has 0 aliphatic carbocycles. The molecule has 2 rings (SSSR count). The molecule has 0 radical (unpaired) electrons. The highest BCUT2D eigenvalue weighted by molar-refractivity contribution is 5.68. The van der Waals surface area contributed by atoms with Gasteiger partial charge >= 0.3 is 23.9 Å². The summed E-state index contributed by atoms with van der Waals surface area (Å²) in [4.78, 5) is 46.6. The molecule has 1 aromatic carbocycles. The van der Waals surface area contributed by atoms with Crippen LogP contribution >= 0.6 is 0 Å². The molecule has 1 aliphatic rings. The smallest absolute Gasteiger partial charge is 0.303 e. The lowest BCUT2D eigenvalue weighted by Crippen LogP contribution is -2.63. The van der Waals surface area contributed by atoms with Crippen LogP contribution in [-0.2, 0) is 54.0 Å². The van der Waals surface area contributed by atoms with Crippen LogP contribution in [0, 0.1) is 0 Å². The molecule has 1 saturated heterocycles. The Morgan fingerprint density at radius 1 is 0.788 bits per heavy atom. The van der Waals surface area contributed by atoms with Crippen LogP contribution in [0.2, 0.25) is 0 Å². The Morgan fingerprint density at radius 2 is 1.36 bits per heavy atom. The quantitative estimate of drug-likeness (QED) is 0.286. The van der Waals surface area contributed by atoms with Crippen LogP contribution in [-0.4, -0.2) is 67.8 Å². The van der Waals surface area contributed by atoms with E-state index in [1.807, 2.05) is 30.3 Å². The molecule has 182 valence electrons. The number of carbonyl (C=O) groups is 4. The van der Waals surface area contributed by atoms with Crippen LogP contribution in [0.5, 0.6) is 0 Å². The third-order valence-corrected chi connectivity index (χ3v) is 4.68. The van der Waals surface area contributed by atoms with Gasteiger partial charge in [0.2, 0.25) is 0 Å². The number of benzene rings is 1. The summed E-state index contributed by atoms with van der Waals surface area (Å²) in [5, 5.41) is 0. The highest BCUT2D eigenvalue weighted by atomic mass is 16.7. The Morgan fingerprint density at radius 3 is 1.94 bits per heavy atom. The van der Waals surface area contributed by atoms with E-state index in [4.69, 9.17) is 28.4 Å². The zero-order chi connectivity index (χ0) is 24.4. The topological polar surface area (TPSA) is 124 Å². The lowest BCUT2D eigenvalue weighted by atomic mass is 9.98. The molecule has 0 spiro atoms. The Kier molecular flexibility index (Phi) is 10.3. The monoisotopic (exact) mass is 466 g/mol. The van der Waals surface area contributed by atoms with Gasteiger partial charge in [-0.15, -0.1) is 0 Å². The predicted octanol–water partition coefficient (Wildman–Crippen LogP) is 1.72. The summed E-state index contributed by atoms with van der Waals surface area (Å²) in [7, 11) is 0. The van der Waals surface area contributed by atoms with Crippen LogP contribution in [0.4, 0.5) is 0 Å². The van der Waals surface area contributed by atoms with Crippen molar-refractivity contribution in [3.05, 3.63) is 35.9 Å². The van der Waals surface area contributed by atoms with Crippen LogP contribution in [0.3, 0.4) is 0 Å². The molecule has 10 nitrogen and oxygen atoms in total. The van der Waals surface area contributed by atoms with Crippen molar-refractivity contribution in [2.24, 2.45) is 0 Å². The fourth-order valence-electron chi connectivity index (χ4n) is 3.44. The summed E-state index contributed by atoms with van der Waals surface area (Å²) in [6, 6.07) is 9.80. The fraction of sp³-hybridized carbons (Fsp3) is 0.565. The molecule has 1 fully saturated rings. The summed E-state index contributed by atoms with van der Waals surface area (Å²) in [6.45, 7) is 4.68. The zero-order valence-electron chi connectivity index (χ0n) is 19.2. The maximum Gasteiger partial charge on any atom is 0.303 e. The first-order chi connectivity index (χ1) is 15.7. The van der Waals surface area contributed by atoms with Gasteiger partial charge in [0.25, 0.3) is 0 Å². The normalized spacial score (nSPS) is 24.4. The van der Waals surface area contributed by atoms with Crippen molar-refractivity contribution in [3.8, 4) is 0 Å². The van der Waals surface area contributed by atoms with E-state index in [2.05, 4.69) is 0 Å². The molecular formula is C23H30O10. The molecule has 10 heteroatoms. The van der Waals surface area contributed by atoms with Crippen molar-refractivity contribution in [2.45, 2.75) is 71.2 Å². The maximum absolute atomic E-state index is 11.8. The first kappa shape index (κ1) is 26.3. The molecule has 1 aromatic rings. The zero-order valence-corrected chi connectivity index (χ0v) is 19.2. The Bertz CT molecular complexity index is 809. The summed E-state index contributed by atoms with van der Waals surface area (Å²) >= 11 is 0. The average molecular weight is 466 g/mol. The van der Waals surface area contributed by atoms with E-state index in [0.717, 1.165) is 12.0 Å². The number of hydrogen-bond acceptors (Lipinski definition) is 10. The Hall–Kier alpha value is -2.98. The largest absolute Gasteiger partial charge is 0.463 e. The second-order valence-electron chi connectivity index (χ2n) is 7.53. The van der Waals surface area contributed by atoms with E-state index in [9.17, 15) is 19.2 Å². The van der Waals surface area contributed by atoms with Gasteiger partial charge in [0.15, 0.2) is 24.6 Å². The van der Waals surface area contributed by atoms with Gasteiger partial charge in [-0.25, -0.2) is 0 Å². The van der Waals surface area contributed by atoms with Gasteiger partial charge in [0.05, 0.1) is 6.61 Å². The maximum atomic E-state index is 11.8. The third kappa shape index (κ3) is 8.82. The predicted molar refractivity (Wildman–Crippen MR) is 113 cm³/mol. The van der Waals surface area contributed by atoms with Crippen LogP contribution < -0.4 is 0 Å². The minimum Gasteiger partial charge on any atom is -0.463 e. The molecular weight excluding hydrogens is 436 g/mol. The van der Waals surface area contributed by atoms with Crippen molar-refractivity contribution in [1.29, 1.82) is 0 Å². The van der Waals surface area contributed by atoms with Gasteiger partial charge in [-0.3, -0.25) is 19.2 Å². The molecule has 0 amide bonds. The summed E-state index contributed by atoms with van der Waals surface area (Å²) in [5.74, 6) is -2.62. The lowest BCUT2D eigenvalue weighted by Gasteiger charge is -2.44. The van der Waals surface area contributed by atoms with Gasteiger partial charge in [0, 0.05) is 27.7 Å². The summed E-state index contributed by atoms with van der Waals surface area (Å²) in [5.41, 5.74) is 1.13. The van der Waals surface area contributed by atoms with Crippen LogP contribution in [0.25, 0.3) is 0 Å². The van der Waals surface area contributed by atoms with Gasteiger partial charge in [-0.05, 0) is 18.4 Å². The number of hydrogen-bond donors (Lipinski definition) is 0. The van der Waals surface area contributed by atoms with Crippen molar-refractivity contribution < 1.29 is 47.6 Å². The molecule has 0 saturated carbocycles. The first-order valence-electron chi connectivity index (χ1n) is 10.6. The van der Waals surface area contributed by atoms with Crippen molar-refractivity contribution in [2.75, 3.05) is 13.2 Å². The molecule has 1 heterocycles. The molecule has 33 heavy (non-hydrogen) atoms. The minimum atomic E-state index is -1.23. The van der Waals surface area contributed by atoms with Crippen LogP contribution in [0.1, 0.15) is 39.7 Å². The van der Waals surface area contributed by atoms with E-state index < -0.39 is 54.6 Å². The van der Waals surface area contributed by atoms with Crippen LogP contribution in [0.15, 0.2) is 30.3 Å². The number of rotatable bonds is 10. The SMILES string of the molecule is CC(=O)OC[C@@H]1O[C@@H](OCCCc2ccccc2)[C@@H](OC(C)=O)[C@@H](OC(C)=O)[C@@H]1OC(C)=O.